The first-order valence-electron chi connectivity index (χ1n) is 7.54. The molecule has 0 spiro atoms. The number of amides is 1. The molecule has 0 bridgehead atoms. The van der Waals surface area contributed by atoms with Crippen LogP contribution in [-0.4, -0.2) is 59.9 Å². The highest BCUT2D eigenvalue weighted by molar-refractivity contribution is 6.29. The maximum atomic E-state index is 12.1. The van der Waals surface area contributed by atoms with E-state index in [1.54, 1.807) is 18.1 Å². The molecule has 2 rings (SSSR count). The molecule has 0 aromatic carbocycles. The maximum absolute atomic E-state index is 12.1. The van der Waals surface area contributed by atoms with E-state index in [-0.39, 0.29) is 6.09 Å². The van der Waals surface area contributed by atoms with Gasteiger partial charge in [-0.25, -0.2) is 14.8 Å². The van der Waals surface area contributed by atoms with Gasteiger partial charge in [-0.05, 0) is 20.8 Å². The van der Waals surface area contributed by atoms with E-state index in [1.165, 1.54) is 0 Å². The number of piperazine rings is 1. The van der Waals surface area contributed by atoms with Crippen LogP contribution in [0.3, 0.4) is 0 Å². The number of hydrogen-bond donors (Lipinski definition) is 0. The number of ether oxygens (including phenoxy) is 2. The highest BCUT2D eigenvalue weighted by Gasteiger charge is 2.26. The molecule has 1 amide bonds. The molecule has 23 heavy (non-hydrogen) atoms. The monoisotopic (exact) mass is 342 g/mol. The minimum atomic E-state index is -0.483. The molecular formula is C15H23ClN4O3. The zero-order valence-corrected chi connectivity index (χ0v) is 14.8. The fraction of sp³-hybridized carbons (Fsp3) is 0.667. The molecule has 1 aromatic heterocycles. The van der Waals surface area contributed by atoms with Crippen molar-refractivity contribution in [1.82, 2.24) is 14.9 Å². The van der Waals surface area contributed by atoms with Crippen LogP contribution in [-0.2, 0) is 16.1 Å². The Morgan fingerprint density at radius 2 is 1.91 bits per heavy atom. The summed E-state index contributed by atoms with van der Waals surface area (Å²) in [6, 6.07) is 1.73. The van der Waals surface area contributed by atoms with Gasteiger partial charge in [-0.3, -0.25) is 0 Å². The van der Waals surface area contributed by atoms with Gasteiger partial charge < -0.3 is 19.3 Å². The van der Waals surface area contributed by atoms with Crippen LogP contribution < -0.4 is 4.90 Å². The zero-order valence-electron chi connectivity index (χ0n) is 14.0. The van der Waals surface area contributed by atoms with E-state index in [1.807, 2.05) is 20.8 Å². The van der Waals surface area contributed by atoms with E-state index in [2.05, 4.69) is 14.9 Å². The van der Waals surface area contributed by atoms with Crippen LogP contribution >= 0.6 is 11.6 Å². The smallest absolute Gasteiger partial charge is 0.410 e. The molecule has 1 aliphatic rings. The predicted octanol–water partition coefficient (Wildman–Crippen LogP) is 2.33. The van der Waals surface area contributed by atoms with Crippen LogP contribution in [0.25, 0.3) is 0 Å². The van der Waals surface area contributed by atoms with Gasteiger partial charge in [-0.15, -0.1) is 0 Å². The lowest BCUT2D eigenvalue weighted by molar-refractivity contribution is 0.0240. The lowest BCUT2D eigenvalue weighted by Crippen LogP contribution is -2.50. The molecule has 0 radical (unpaired) electrons. The molecule has 0 saturated carbocycles. The number of carbonyl (C=O) groups excluding carboxylic acids is 1. The minimum absolute atomic E-state index is 0.280. The number of anilines is 1. The molecule has 7 nitrogen and oxygen atoms in total. The zero-order chi connectivity index (χ0) is 17.0. The van der Waals surface area contributed by atoms with Crippen LogP contribution in [0.2, 0.25) is 5.15 Å². The van der Waals surface area contributed by atoms with E-state index < -0.39 is 5.60 Å². The number of methoxy groups -OCH3 is 1. The second kappa shape index (κ2) is 7.31. The lowest BCUT2D eigenvalue weighted by Gasteiger charge is -2.36. The Balaban J connectivity index is 1.98. The second-order valence-electron chi connectivity index (χ2n) is 6.35. The fourth-order valence-electron chi connectivity index (χ4n) is 2.25. The Morgan fingerprint density at radius 3 is 2.48 bits per heavy atom. The molecule has 0 aliphatic carbocycles. The molecular weight excluding hydrogens is 320 g/mol. The van der Waals surface area contributed by atoms with Gasteiger partial charge in [0, 0.05) is 39.4 Å². The Kier molecular flexibility index (Phi) is 5.64. The number of rotatable bonds is 3. The second-order valence-corrected chi connectivity index (χ2v) is 6.74. The lowest BCUT2D eigenvalue weighted by atomic mass is 10.2. The molecule has 1 aromatic rings. The van der Waals surface area contributed by atoms with Crippen molar-refractivity contribution in [3.63, 3.8) is 0 Å². The van der Waals surface area contributed by atoms with Gasteiger partial charge in [0.15, 0.2) is 5.82 Å². The van der Waals surface area contributed by atoms with Crippen molar-refractivity contribution in [2.24, 2.45) is 0 Å². The van der Waals surface area contributed by atoms with E-state index >= 15 is 0 Å². The van der Waals surface area contributed by atoms with E-state index in [0.717, 1.165) is 5.82 Å². The molecule has 1 fully saturated rings. The molecule has 1 aliphatic heterocycles. The van der Waals surface area contributed by atoms with Crippen molar-refractivity contribution in [2.45, 2.75) is 33.0 Å². The molecule has 8 heteroatoms. The van der Waals surface area contributed by atoms with Crippen LogP contribution in [0, 0.1) is 0 Å². The SMILES string of the molecule is COCc1nc(Cl)cc(N2CCN(C(=O)OC(C)(C)C)CC2)n1. The Labute approximate surface area is 141 Å². The number of halogens is 1. The molecule has 0 N–H and O–H groups in total. The van der Waals surface area contributed by atoms with Gasteiger partial charge in [0.25, 0.3) is 0 Å². The summed E-state index contributed by atoms with van der Waals surface area (Å²) in [5.74, 6) is 1.30. The Morgan fingerprint density at radius 1 is 1.26 bits per heavy atom. The summed E-state index contributed by atoms with van der Waals surface area (Å²) >= 11 is 6.04. The van der Waals surface area contributed by atoms with E-state index in [9.17, 15) is 4.79 Å². The molecule has 1 saturated heterocycles. The van der Waals surface area contributed by atoms with E-state index in [4.69, 9.17) is 21.1 Å². The predicted molar refractivity (Wildman–Crippen MR) is 87.8 cm³/mol. The summed E-state index contributed by atoms with van der Waals surface area (Å²) in [5.41, 5.74) is -0.483. The van der Waals surface area contributed by atoms with Crippen molar-refractivity contribution < 1.29 is 14.3 Å². The summed E-state index contributed by atoms with van der Waals surface area (Å²) in [6.07, 6.45) is -0.280. The van der Waals surface area contributed by atoms with Crippen molar-refractivity contribution in [2.75, 3.05) is 38.2 Å². The summed E-state index contributed by atoms with van der Waals surface area (Å²) < 4.78 is 10.4. The average molecular weight is 343 g/mol. The summed E-state index contributed by atoms with van der Waals surface area (Å²) in [7, 11) is 1.59. The summed E-state index contributed by atoms with van der Waals surface area (Å²) in [4.78, 5) is 24.4. The summed E-state index contributed by atoms with van der Waals surface area (Å²) in [6.45, 7) is 8.39. The average Bonchev–Trinajstić information content (AvgIpc) is 2.45. The Bertz CT molecular complexity index is 554. The van der Waals surface area contributed by atoms with Gasteiger partial charge >= 0.3 is 6.09 Å². The first-order chi connectivity index (χ1) is 10.8. The third-order valence-corrected chi connectivity index (χ3v) is 3.45. The largest absolute Gasteiger partial charge is 0.444 e. The van der Waals surface area contributed by atoms with Crippen LogP contribution in [0.5, 0.6) is 0 Å². The van der Waals surface area contributed by atoms with Gasteiger partial charge in [-0.2, -0.15) is 0 Å². The van der Waals surface area contributed by atoms with Crippen LogP contribution in [0.15, 0.2) is 6.07 Å². The van der Waals surface area contributed by atoms with Crippen molar-refractivity contribution in [3.05, 3.63) is 17.0 Å². The van der Waals surface area contributed by atoms with Gasteiger partial charge in [0.05, 0.1) is 0 Å². The normalized spacial score (nSPS) is 15.7. The van der Waals surface area contributed by atoms with Crippen LogP contribution in [0.4, 0.5) is 10.6 Å². The van der Waals surface area contributed by atoms with Gasteiger partial charge in [0.2, 0.25) is 0 Å². The maximum Gasteiger partial charge on any atom is 0.410 e. The molecule has 128 valence electrons. The minimum Gasteiger partial charge on any atom is -0.444 e. The highest BCUT2D eigenvalue weighted by Crippen LogP contribution is 2.19. The summed E-state index contributed by atoms with van der Waals surface area (Å²) in [5, 5.41) is 0.386. The highest BCUT2D eigenvalue weighted by atomic mass is 35.5. The third kappa shape index (κ3) is 5.21. The number of aromatic nitrogens is 2. The van der Waals surface area contributed by atoms with Crippen molar-refractivity contribution >= 4 is 23.5 Å². The number of carbonyl (C=O) groups is 1. The topological polar surface area (TPSA) is 67.8 Å². The molecule has 2 heterocycles. The van der Waals surface area contributed by atoms with Gasteiger partial charge in [0.1, 0.15) is 23.2 Å². The number of nitrogens with zero attached hydrogens (tertiary/aromatic N) is 4. The Hall–Kier alpha value is -1.60. The molecule has 0 unspecified atom stereocenters. The van der Waals surface area contributed by atoms with Crippen molar-refractivity contribution in [1.29, 1.82) is 0 Å². The van der Waals surface area contributed by atoms with Crippen molar-refractivity contribution in [3.8, 4) is 0 Å². The van der Waals surface area contributed by atoms with E-state index in [0.29, 0.717) is 43.8 Å². The standard InChI is InChI=1S/C15H23ClN4O3/c1-15(2,3)23-14(21)20-7-5-19(6-8-20)13-9-11(16)17-12(18-13)10-22-4/h9H,5-8,10H2,1-4H3. The number of hydrogen-bond acceptors (Lipinski definition) is 6. The quantitative estimate of drug-likeness (QED) is 0.785. The third-order valence-electron chi connectivity index (χ3n) is 3.26. The fourth-order valence-corrected chi connectivity index (χ4v) is 2.45. The molecule has 0 atom stereocenters. The first-order valence-corrected chi connectivity index (χ1v) is 7.91. The first kappa shape index (κ1) is 17.7. The van der Waals surface area contributed by atoms with Gasteiger partial charge in [-0.1, -0.05) is 11.6 Å². The van der Waals surface area contributed by atoms with Crippen LogP contribution in [0.1, 0.15) is 26.6 Å².